The van der Waals surface area contributed by atoms with Crippen molar-refractivity contribution in [1.82, 2.24) is 4.90 Å². The highest BCUT2D eigenvalue weighted by Crippen LogP contribution is 2.65. The molecule has 4 aliphatic rings. The van der Waals surface area contributed by atoms with Crippen LogP contribution in [0.15, 0.2) is 11.9 Å². The van der Waals surface area contributed by atoms with Crippen LogP contribution in [0, 0.1) is 34.5 Å². The van der Waals surface area contributed by atoms with Crippen LogP contribution in [0.25, 0.3) is 0 Å². The Morgan fingerprint density at radius 1 is 1.20 bits per heavy atom. The van der Waals surface area contributed by atoms with Gasteiger partial charge in [0.15, 0.2) is 5.83 Å². The summed E-state index contributed by atoms with van der Waals surface area (Å²) >= 11 is 0. The van der Waals surface area contributed by atoms with Gasteiger partial charge in [-0.1, -0.05) is 13.8 Å². The Bertz CT molecular complexity index is 661. The summed E-state index contributed by atoms with van der Waals surface area (Å²) in [6, 6.07) is 0.0572. The monoisotopic (exact) mass is 349 g/mol. The minimum absolute atomic E-state index is 0.0572. The number of carboxylic acids is 1. The lowest BCUT2D eigenvalue weighted by atomic mass is 9.47. The number of fused-ring (bicyclic) bond motifs is 5. The Hall–Kier alpha value is -1.39. The Morgan fingerprint density at radius 2 is 1.92 bits per heavy atom. The quantitative estimate of drug-likeness (QED) is 0.786. The van der Waals surface area contributed by atoms with Crippen LogP contribution >= 0.6 is 0 Å². The number of hydrogen-bond donors (Lipinski definition) is 1. The first-order valence-electron chi connectivity index (χ1n) is 9.58. The third kappa shape index (κ3) is 2.10. The average molecular weight is 349 g/mol. The molecule has 0 aromatic heterocycles. The van der Waals surface area contributed by atoms with Crippen LogP contribution < -0.4 is 0 Å². The van der Waals surface area contributed by atoms with E-state index in [1.807, 2.05) is 0 Å². The molecule has 4 nitrogen and oxygen atoms in total. The van der Waals surface area contributed by atoms with Gasteiger partial charge in [0.1, 0.15) is 0 Å². The standard InChI is InChI=1S/C20H28FNO3/c1-19-9-8-13-11(12(19)5-6-14(19)18(24)25)4-7-16-20(13,2)10-15(21)17(23)22(16)3/h10-14,16H,4-9H2,1-3H3,(H,24,25)/t11-,12-,13+,14?,16?,19-,20+/m0/s1. The zero-order valence-corrected chi connectivity index (χ0v) is 15.3. The van der Waals surface area contributed by atoms with Gasteiger partial charge in [-0.3, -0.25) is 9.59 Å². The summed E-state index contributed by atoms with van der Waals surface area (Å²) in [7, 11) is 1.72. The summed E-state index contributed by atoms with van der Waals surface area (Å²) in [6.45, 7) is 4.28. The summed E-state index contributed by atoms with van der Waals surface area (Å²) in [5, 5.41) is 9.65. The second-order valence-electron chi connectivity index (χ2n) is 9.26. The van der Waals surface area contributed by atoms with E-state index in [1.54, 1.807) is 18.0 Å². The predicted octanol–water partition coefficient (Wildman–Crippen LogP) is 3.62. The minimum atomic E-state index is -0.655. The van der Waals surface area contributed by atoms with Crippen molar-refractivity contribution in [1.29, 1.82) is 0 Å². The Labute approximate surface area is 148 Å². The molecule has 25 heavy (non-hydrogen) atoms. The van der Waals surface area contributed by atoms with E-state index in [0.29, 0.717) is 17.8 Å². The summed E-state index contributed by atoms with van der Waals surface area (Å²) in [5.74, 6) is -0.833. The number of amides is 1. The van der Waals surface area contributed by atoms with Gasteiger partial charge >= 0.3 is 5.97 Å². The SMILES string of the molecule is CN1C(=O)C(F)=C[C@@]2(C)C1CC[C@@H]1[C@H]2CC[C@]2(C)C(C(=O)O)CC[C@@H]12. The van der Waals surface area contributed by atoms with Gasteiger partial charge in [0.25, 0.3) is 5.91 Å². The van der Waals surface area contributed by atoms with Gasteiger partial charge in [0, 0.05) is 18.5 Å². The van der Waals surface area contributed by atoms with Crippen LogP contribution in [0.3, 0.4) is 0 Å². The van der Waals surface area contributed by atoms with Gasteiger partial charge in [-0.05, 0) is 67.8 Å². The average Bonchev–Trinajstić information content (AvgIpc) is 2.90. The first-order valence-corrected chi connectivity index (χ1v) is 9.58. The number of carboxylic acid groups (broad SMARTS) is 1. The molecule has 1 aliphatic heterocycles. The molecule has 3 fully saturated rings. The smallest absolute Gasteiger partial charge is 0.307 e. The maximum atomic E-state index is 14.3. The van der Waals surface area contributed by atoms with Crippen molar-refractivity contribution in [2.75, 3.05) is 7.05 Å². The first kappa shape index (κ1) is 17.0. The zero-order valence-electron chi connectivity index (χ0n) is 15.3. The second kappa shape index (κ2) is 5.31. The van der Waals surface area contributed by atoms with Crippen LogP contribution in [0.1, 0.15) is 52.4 Å². The number of carbonyl (C=O) groups excluding carboxylic acids is 1. The summed E-state index contributed by atoms with van der Waals surface area (Å²) < 4.78 is 14.3. The van der Waals surface area contributed by atoms with Crippen molar-refractivity contribution in [2.24, 2.45) is 34.5 Å². The van der Waals surface area contributed by atoms with Crippen LogP contribution in [0.2, 0.25) is 0 Å². The van der Waals surface area contributed by atoms with E-state index >= 15 is 0 Å². The van der Waals surface area contributed by atoms with E-state index < -0.39 is 17.7 Å². The first-order chi connectivity index (χ1) is 11.7. The lowest BCUT2D eigenvalue weighted by Crippen LogP contribution is -2.60. The van der Waals surface area contributed by atoms with E-state index in [4.69, 9.17) is 0 Å². The summed E-state index contributed by atoms with van der Waals surface area (Å²) in [5.41, 5.74) is -0.465. The molecule has 0 saturated heterocycles. The van der Waals surface area contributed by atoms with Gasteiger partial charge in [0.2, 0.25) is 0 Å². The summed E-state index contributed by atoms with van der Waals surface area (Å²) in [4.78, 5) is 25.4. The number of aliphatic carboxylic acids is 1. The van der Waals surface area contributed by atoms with E-state index in [-0.39, 0.29) is 22.8 Å². The van der Waals surface area contributed by atoms with Crippen LogP contribution in [0.4, 0.5) is 4.39 Å². The van der Waals surface area contributed by atoms with E-state index in [9.17, 15) is 19.1 Å². The van der Waals surface area contributed by atoms with Crippen molar-refractivity contribution >= 4 is 11.9 Å². The molecule has 0 radical (unpaired) electrons. The van der Waals surface area contributed by atoms with Gasteiger partial charge in [-0.2, -0.15) is 0 Å². The van der Waals surface area contributed by atoms with Gasteiger partial charge in [-0.25, -0.2) is 4.39 Å². The number of likely N-dealkylation sites (N-methyl/N-ethyl adjacent to an activating group) is 1. The Morgan fingerprint density at radius 3 is 2.60 bits per heavy atom. The Kier molecular flexibility index (Phi) is 3.62. The predicted molar refractivity (Wildman–Crippen MR) is 91.3 cm³/mol. The molecule has 0 spiro atoms. The fourth-order valence-corrected chi connectivity index (χ4v) is 7.24. The van der Waals surface area contributed by atoms with Crippen molar-refractivity contribution in [3.63, 3.8) is 0 Å². The zero-order chi connectivity index (χ0) is 18.1. The molecule has 0 bridgehead atoms. The normalized spacial score (nSPS) is 49.1. The highest BCUT2D eigenvalue weighted by Gasteiger charge is 2.62. The minimum Gasteiger partial charge on any atom is -0.481 e. The number of rotatable bonds is 1. The fourth-order valence-electron chi connectivity index (χ4n) is 7.24. The van der Waals surface area contributed by atoms with Crippen LogP contribution in [0.5, 0.6) is 0 Å². The molecule has 1 N–H and O–H groups in total. The lowest BCUT2D eigenvalue weighted by molar-refractivity contribution is -0.153. The molecule has 3 saturated carbocycles. The highest BCUT2D eigenvalue weighted by molar-refractivity contribution is 5.92. The summed E-state index contributed by atoms with van der Waals surface area (Å²) in [6.07, 6.45) is 7.06. The Balaban J connectivity index is 1.70. The lowest BCUT2D eigenvalue weighted by Gasteiger charge is -2.60. The molecule has 3 aliphatic carbocycles. The van der Waals surface area contributed by atoms with Crippen LogP contribution in [-0.2, 0) is 9.59 Å². The van der Waals surface area contributed by atoms with Crippen molar-refractivity contribution < 1.29 is 19.1 Å². The van der Waals surface area contributed by atoms with Gasteiger partial charge in [0.05, 0.1) is 5.92 Å². The third-order valence-corrected chi connectivity index (χ3v) is 8.46. The highest BCUT2D eigenvalue weighted by atomic mass is 19.1. The van der Waals surface area contributed by atoms with E-state index in [2.05, 4.69) is 13.8 Å². The molecule has 5 heteroatoms. The topological polar surface area (TPSA) is 57.6 Å². The van der Waals surface area contributed by atoms with Gasteiger partial charge in [-0.15, -0.1) is 0 Å². The second-order valence-corrected chi connectivity index (χ2v) is 9.26. The number of carbonyl (C=O) groups is 2. The molecule has 1 heterocycles. The molecule has 2 unspecified atom stereocenters. The molecule has 1 amide bonds. The third-order valence-electron chi connectivity index (χ3n) is 8.46. The molecule has 138 valence electrons. The van der Waals surface area contributed by atoms with Gasteiger partial charge < -0.3 is 10.0 Å². The number of nitrogens with zero attached hydrogens (tertiary/aromatic N) is 1. The van der Waals surface area contributed by atoms with Crippen molar-refractivity contribution in [2.45, 2.75) is 58.4 Å². The van der Waals surface area contributed by atoms with Crippen LogP contribution in [-0.4, -0.2) is 35.0 Å². The maximum absolute atomic E-state index is 14.3. The molecule has 7 atom stereocenters. The van der Waals surface area contributed by atoms with Crippen molar-refractivity contribution in [3.8, 4) is 0 Å². The number of hydrogen-bond acceptors (Lipinski definition) is 2. The maximum Gasteiger partial charge on any atom is 0.307 e. The molecular formula is C20H28FNO3. The molecular weight excluding hydrogens is 321 g/mol. The molecule has 0 aromatic rings. The fraction of sp³-hybridized carbons (Fsp3) is 0.800. The largest absolute Gasteiger partial charge is 0.481 e. The van der Waals surface area contributed by atoms with E-state index in [0.717, 1.165) is 38.5 Å². The van der Waals surface area contributed by atoms with Crippen molar-refractivity contribution in [3.05, 3.63) is 11.9 Å². The molecule has 4 rings (SSSR count). The molecule has 0 aromatic carbocycles. The van der Waals surface area contributed by atoms with E-state index in [1.165, 1.54) is 0 Å². The number of halogens is 1.